The van der Waals surface area contributed by atoms with Crippen molar-refractivity contribution in [3.05, 3.63) is 11.5 Å². The third kappa shape index (κ3) is 4.23. The summed E-state index contributed by atoms with van der Waals surface area (Å²) in [6.07, 6.45) is 0.949. The molecule has 0 aromatic carbocycles. The fourth-order valence-corrected chi connectivity index (χ4v) is 2.76. The lowest BCUT2D eigenvalue weighted by molar-refractivity contribution is 0.0378. The van der Waals surface area contributed by atoms with Gasteiger partial charge in [-0.1, -0.05) is 5.16 Å². The van der Waals surface area contributed by atoms with E-state index in [0.29, 0.717) is 17.0 Å². The summed E-state index contributed by atoms with van der Waals surface area (Å²) >= 11 is 0. The SMILES string of the molecule is CCOC(=O)c1noc2nc(C)nc(NCCCN3CCOCC3)c12. The van der Waals surface area contributed by atoms with Gasteiger partial charge in [-0.2, -0.15) is 4.98 Å². The molecule has 0 bridgehead atoms. The van der Waals surface area contributed by atoms with Gasteiger partial charge < -0.3 is 19.3 Å². The first kappa shape index (κ1) is 17.6. The largest absolute Gasteiger partial charge is 0.461 e. The first-order valence-electron chi connectivity index (χ1n) is 8.54. The Morgan fingerprint density at radius 2 is 2.12 bits per heavy atom. The molecule has 1 aliphatic rings. The van der Waals surface area contributed by atoms with E-state index in [9.17, 15) is 4.79 Å². The second-order valence-corrected chi connectivity index (χ2v) is 5.79. The van der Waals surface area contributed by atoms with E-state index in [2.05, 4.69) is 25.3 Å². The van der Waals surface area contributed by atoms with Crippen LogP contribution in [0.1, 0.15) is 29.7 Å². The zero-order valence-electron chi connectivity index (χ0n) is 14.6. The molecule has 9 nitrogen and oxygen atoms in total. The number of fused-ring (bicyclic) bond motifs is 1. The molecule has 9 heteroatoms. The van der Waals surface area contributed by atoms with Crippen LogP contribution in [0.4, 0.5) is 5.82 Å². The predicted molar refractivity (Wildman–Crippen MR) is 90.7 cm³/mol. The van der Waals surface area contributed by atoms with Gasteiger partial charge in [-0.05, 0) is 26.8 Å². The van der Waals surface area contributed by atoms with Crippen molar-refractivity contribution in [3.63, 3.8) is 0 Å². The summed E-state index contributed by atoms with van der Waals surface area (Å²) in [4.78, 5) is 23.0. The molecule has 1 aliphatic heterocycles. The molecule has 0 amide bonds. The number of carbonyl (C=O) groups is 1. The minimum Gasteiger partial charge on any atom is -0.461 e. The molecule has 2 aromatic rings. The van der Waals surface area contributed by atoms with Crippen LogP contribution in [0.25, 0.3) is 11.1 Å². The highest BCUT2D eigenvalue weighted by Gasteiger charge is 2.22. The summed E-state index contributed by atoms with van der Waals surface area (Å²) in [5.74, 6) is 0.564. The zero-order chi connectivity index (χ0) is 17.6. The smallest absolute Gasteiger partial charge is 0.361 e. The van der Waals surface area contributed by atoms with Gasteiger partial charge in [0.25, 0.3) is 5.71 Å². The topological polar surface area (TPSA) is 103 Å². The van der Waals surface area contributed by atoms with Crippen LogP contribution in [0, 0.1) is 6.92 Å². The summed E-state index contributed by atoms with van der Waals surface area (Å²) in [6.45, 7) is 9.00. The molecule has 0 aliphatic carbocycles. The summed E-state index contributed by atoms with van der Waals surface area (Å²) in [6, 6.07) is 0. The molecule has 3 rings (SSSR count). The third-order valence-electron chi connectivity index (χ3n) is 3.96. The Balaban J connectivity index is 1.68. The standard InChI is InChI=1S/C16H23N5O4/c1-3-24-16(22)13-12-14(18-11(2)19-15(12)25-20-13)17-5-4-6-21-7-9-23-10-8-21/h3-10H2,1-2H3,(H,17,18,19). The predicted octanol–water partition coefficient (Wildman–Crippen LogP) is 1.24. The molecule has 136 valence electrons. The Kier molecular flexibility index (Phi) is 5.77. The Hall–Kier alpha value is -2.26. The first-order valence-corrected chi connectivity index (χ1v) is 8.54. The Morgan fingerprint density at radius 1 is 1.32 bits per heavy atom. The van der Waals surface area contributed by atoms with Crippen LogP contribution in [-0.4, -0.2) is 72.0 Å². The van der Waals surface area contributed by atoms with Crippen molar-refractivity contribution in [2.24, 2.45) is 0 Å². The average molecular weight is 349 g/mol. The molecular weight excluding hydrogens is 326 g/mol. The van der Waals surface area contributed by atoms with Crippen molar-refractivity contribution < 1.29 is 18.8 Å². The van der Waals surface area contributed by atoms with E-state index < -0.39 is 5.97 Å². The molecule has 0 saturated carbocycles. The normalized spacial score (nSPS) is 15.4. The van der Waals surface area contributed by atoms with Gasteiger partial charge in [0.15, 0.2) is 0 Å². The molecule has 1 fully saturated rings. The van der Waals surface area contributed by atoms with Crippen molar-refractivity contribution in [3.8, 4) is 0 Å². The molecular formula is C16H23N5O4. The number of ether oxygens (including phenoxy) is 2. The van der Waals surface area contributed by atoms with Crippen LogP contribution in [0.15, 0.2) is 4.52 Å². The first-order chi connectivity index (χ1) is 12.2. The quantitative estimate of drug-likeness (QED) is 0.584. The second-order valence-electron chi connectivity index (χ2n) is 5.79. The van der Waals surface area contributed by atoms with Gasteiger partial charge in [-0.15, -0.1) is 0 Å². The fourth-order valence-electron chi connectivity index (χ4n) is 2.76. The van der Waals surface area contributed by atoms with E-state index in [0.717, 1.165) is 45.8 Å². The van der Waals surface area contributed by atoms with Gasteiger partial charge in [0.1, 0.15) is 17.0 Å². The van der Waals surface area contributed by atoms with Crippen LogP contribution >= 0.6 is 0 Å². The van der Waals surface area contributed by atoms with Crippen molar-refractivity contribution in [2.45, 2.75) is 20.3 Å². The van der Waals surface area contributed by atoms with E-state index in [1.165, 1.54) is 0 Å². The van der Waals surface area contributed by atoms with Crippen molar-refractivity contribution in [2.75, 3.05) is 51.3 Å². The van der Waals surface area contributed by atoms with Crippen LogP contribution in [0.3, 0.4) is 0 Å². The summed E-state index contributed by atoms with van der Waals surface area (Å²) < 4.78 is 15.5. The Bertz CT molecular complexity index is 727. The number of nitrogens with zero attached hydrogens (tertiary/aromatic N) is 4. The monoisotopic (exact) mass is 349 g/mol. The van der Waals surface area contributed by atoms with Crippen LogP contribution in [0.2, 0.25) is 0 Å². The van der Waals surface area contributed by atoms with E-state index in [1.54, 1.807) is 13.8 Å². The van der Waals surface area contributed by atoms with E-state index in [-0.39, 0.29) is 18.0 Å². The average Bonchev–Trinajstić information content (AvgIpc) is 3.03. The molecule has 1 saturated heterocycles. The number of aryl methyl sites for hydroxylation is 1. The number of aromatic nitrogens is 3. The van der Waals surface area contributed by atoms with Crippen LogP contribution in [0.5, 0.6) is 0 Å². The van der Waals surface area contributed by atoms with Crippen molar-refractivity contribution >= 4 is 22.9 Å². The fraction of sp³-hybridized carbons (Fsp3) is 0.625. The minimum atomic E-state index is -0.537. The van der Waals surface area contributed by atoms with Crippen molar-refractivity contribution in [1.82, 2.24) is 20.0 Å². The molecule has 2 aromatic heterocycles. The van der Waals surface area contributed by atoms with E-state index >= 15 is 0 Å². The van der Waals surface area contributed by atoms with Gasteiger partial charge in [-0.3, -0.25) is 4.90 Å². The van der Waals surface area contributed by atoms with Gasteiger partial charge >= 0.3 is 5.97 Å². The van der Waals surface area contributed by atoms with E-state index in [1.807, 2.05) is 0 Å². The van der Waals surface area contributed by atoms with Crippen LogP contribution in [-0.2, 0) is 9.47 Å². The highest BCUT2D eigenvalue weighted by atomic mass is 16.5. The van der Waals surface area contributed by atoms with Crippen LogP contribution < -0.4 is 5.32 Å². The maximum atomic E-state index is 12.0. The molecule has 25 heavy (non-hydrogen) atoms. The van der Waals surface area contributed by atoms with Crippen molar-refractivity contribution in [1.29, 1.82) is 0 Å². The lowest BCUT2D eigenvalue weighted by atomic mass is 10.2. The Labute approximate surface area is 145 Å². The third-order valence-corrected chi connectivity index (χ3v) is 3.96. The lowest BCUT2D eigenvalue weighted by Crippen LogP contribution is -2.37. The summed E-state index contributed by atoms with van der Waals surface area (Å²) in [7, 11) is 0. The molecule has 1 N–H and O–H groups in total. The summed E-state index contributed by atoms with van der Waals surface area (Å²) in [5.41, 5.74) is 0.388. The van der Waals surface area contributed by atoms with E-state index in [4.69, 9.17) is 14.0 Å². The Morgan fingerprint density at radius 3 is 2.88 bits per heavy atom. The lowest BCUT2D eigenvalue weighted by Gasteiger charge is -2.26. The number of carbonyl (C=O) groups excluding carboxylic acids is 1. The number of hydrogen-bond donors (Lipinski definition) is 1. The number of morpholine rings is 1. The highest BCUT2D eigenvalue weighted by Crippen LogP contribution is 2.25. The number of hydrogen-bond acceptors (Lipinski definition) is 9. The second kappa shape index (κ2) is 8.21. The number of rotatable bonds is 7. The van der Waals surface area contributed by atoms with Gasteiger partial charge in [0, 0.05) is 19.6 Å². The number of nitrogens with one attached hydrogen (secondary N) is 1. The molecule has 0 unspecified atom stereocenters. The van der Waals surface area contributed by atoms with Gasteiger partial charge in [-0.25, -0.2) is 9.78 Å². The highest BCUT2D eigenvalue weighted by molar-refractivity contribution is 6.04. The zero-order valence-corrected chi connectivity index (χ0v) is 14.6. The molecule has 3 heterocycles. The van der Waals surface area contributed by atoms with Gasteiger partial charge in [0.2, 0.25) is 5.69 Å². The minimum absolute atomic E-state index is 0.104. The molecule has 0 spiro atoms. The van der Waals surface area contributed by atoms with Gasteiger partial charge in [0.05, 0.1) is 19.8 Å². The number of anilines is 1. The molecule has 0 radical (unpaired) electrons. The maximum Gasteiger partial charge on any atom is 0.361 e. The number of esters is 1. The summed E-state index contributed by atoms with van der Waals surface area (Å²) in [5, 5.41) is 7.55. The molecule has 0 atom stereocenters. The maximum absolute atomic E-state index is 12.0.